The molecule has 13 heteroatoms. The Morgan fingerprint density at radius 3 is 2.92 bits per heavy atom. The molecule has 0 radical (unpaired) electrons. The van der Waals surface area contributed by atoms with Crippen LogP contribution in [0.3, 0.4) is 0 Å². The van der Waals surface area contributed by atoms with Crippen molar-refractivity contribution in [2.24, 2.45) is 0 Å². The van der Waals surface area contributed by atoms with E-state index in [0.29, 0.717) is 25.6 Å². The molecule has 0 saturated carbocycles. The van der Waals surface area contributed by atoms with Gasteiger partial charge in [0.25, 0.3) is 0 Å². The third-order valence-electron chi connectivity index (χ3n) is 6.59. The van der Waals surface area contributed by atoms with Crippen LogP contribution in [0.5, 0.6) is 0 Å². The monoisotopic (exact) mass is 509 g/mol. The molecule has 5 rings (SSSR count). The molecule has 5 N–H and O–H groups in total. The molecule has 5 heterocycles. The van der Waals surface area contributed by atoms with Crippen molar-refractivity contribution in [1.82, 2.24) is 46.0 Å². The van der Waals surface area contributed by atoms with Crippen LogP contribution >= 0.6 is 0 Å². The van der Waals surface area contributed by atoms with Crippen molar-refractivity contribution in [2.45, 2.75) is 38.5 Å². The lowest BCUT2D eigenvalue weighted by molar-refractivity contribution is -0.121. The van der Waals surface area contributed by atoms with Gasteiger partial charge in [0, 0.05) is 38.4 Å². The lowest BCUT2D eigenvalue weighted by Crippen LogP contribution is -2.43. The van der Waals surface area contributed by atoms with Gasteiger partial charge in [0.15, 0.2) is 5.82 Å². The van der Waals surface area contributed by atoms with E-state index in [2.05, 4.69) is 48.6 Å². The second-order valence-electron chi connectivity index (χ2n) is 9.47. The lowest BCUT2D eigenvalue weighted by Gasteiger charge is -2.27. The predicted octanol–water partition coefficient (Wildman–Crippen LogP) is 0.535. The number of rotatable bonds is 10. The van der Waals surface area contributed by atoms with E-state index in [1.807, 2.05) is 36.7 Å². The summed E-state index contributed by atoms with van der Waals surface area (Å²) in [6, 6.07) is 0.0480. The molecule has 0 aliphatic carbocycles. The molecular weight excluding hydrogens is 474 g/mol. The number of carbonyl (C=O) groups excluding carboxylic acids is 1. The number of aromatic nitrogens is 4. The molecule has 2 unspecified atom stereocenters. The van der Waals surface area contributed by atoms with Crippen molar-refractivity contribution >= 4 is 23.4 Å². The van der Waals surface area contributed by atoms with Crippen LogP contribution < -0.4 is 31.7 Å². The molecule has 0 spiro atoms. The van der Waals surface area contributed by atoms with Crippen LogP contribution in [0.2, 0.25) is 0 Å². The van der Waals surface area contributed by atoms with E-state index in [1.54, 1.807) is 18.0 Å². The van der Waals surface area contributed by atoms with Gasteiger partial charge in [0.05, 0.1) is 48.9 Å². The fourth-order valence-electron chi connectivity index (χ4n) is 4.60. The number of methoxy groups -OCH3 is 1. The molecule has 1 fully saturated rings. The third kappa shape index (κ3) is 6.01. The van der Waals surface area contributed by atoms with Gasteiger partial charge in [-0.05, 0) is 38.9 Å². The molecule has 3 aliphatic rings. The maximum Gasteiger partial charge on any atom is 0.238 e. The molecule has 3 aliphatic heterocycles. The minimum atomic E-state index is -0.221. The van der Waals surface area contributed by atoms with Crippen LogP contribution in [0.1, 0.15) is 31.5 Å². The van der Waals surface area contributed by atoms with Crippen molar-refractivity contribution in [3.8, 4) is 0 Å². The second-order valence-corrected chi connectivity index (χ2v) is 9.47. The van der Waals surface area contributed by atoms with Crippen LogP contribution in [0.4, 0.5) is 17.5 Å². The summed E-state index contributed by atoms with van der Waals surface area (Å²) in [6.45, 7) is 5.73. The summed E-state index contributed by atoms with van der Waals surface area (Å²) in [5, 5.41) is 19.3. The van der Waals surface area contributed by atoms with Gasteiger partial charge in [-0.15, -0.1) is 0 Å². The summed E-state index contributed by atoms with van der Waals surface area (Å²) in [4.78, 5) is 23.9. The highest BCUT2D eigenvalue weighted by molar-refractivity contribution is 5.80. The number of hydrogen-bond donors (Lipinski definition) is 5. The molecule has 13 nitrogen and oxygen atoms in total. The number of carbonyl (C=O) groups is 1. The highest BCUT2D eigenvalue weighted by Gasteiger charge is 2.30. The first kappa shape index (κ1) is 25.0. The van der Waals surface area contributed by atoms with Gasteiger partial charge in [-0.2, -0.15) is 10.1 Å². The normalized spacial score (nSPS) is 21.2. The van der Waals surface area contributed by atoms with Crippen LogP contribution in [0.25, 0.3) is 0 Å². The Kier molecular flexibility index (Phi) is 7.53. The maximum atomic E-state index is 12.5. The molecule has 1 amide bonds. The standard InChI is InChI=1S/C24H35N11O2/c1-16-20(10-17(11-25-16)28-21(36)15-34-6-4-5-7-34)30-22-19-13-26-24(31-23(19)33(2)32-22)29-18-12-27-35(14-18)8-9-37-3/h10-14,16,22,25,30,32H,4-9,15H2,1-3H3,(H,28,36)(H,26,29,31). The van der Waals surface area contributed by atoms with E-state index >= 15 is 0 Å². The van der Waals surface area contributed by atoms with E-state index in [-0.39, 0.29) is 18.1 Å². The fourth-order valence-corrected chi connectivity index (χ4v) is 4.60. The Labute approximate surface area is 216 Å². The summed E-state index contributed by atoms with van der Waals surface area (Å²) in [5.41, 5.74) is 6.80. The second kappa shape index (κ2) is 11.2. The number of allylic oxidation sites excluding steroid dienone is 1. The summed E-state index contributed by atoms with van der Waals surface area (Å²) in [6.07, 6.45) is 11.4. The van der Waals surface area contributed by atoms with Gasteiger partial charge in [-0.25, -0.2) is 10.4 Å². The first-order valence-corrected chi connectivity index (χ1v) is 12.6. The van der Waals surface area contributed by atoms with Crippen molar-refractivity contribution in [3.63, 3.8) is 0 Å². The Balaban J connectivity index is 1.22. The first-order chi connectivity index (χ1) is 18.0. The summed E-state index contributed by atoms with van der Waals surface area (Å²) >= 11 is 0. The zero-order valence-corrected chi connectivity index (χ0v) is 21.5. The quantitative estimate of drug-likeness (QED) is 0.307. The average molecular weight is 510 g/mol. The Hall–Kier alpha value is -3.68. The third-order valence-corrected chi connectivity index (χ3v) is 6.59. The fraction of sp³-hybridized carbons (Fsp3) is 0.500. The number of nitrogens with one attached hydrogen (secondary N) is 5. The van der Waals surface area contributed by atoms with Gasteiger partial charge in [-0.1, -0.05) is 0 Å². The Morgan fingerprint density at radius 2 is 2.11 bits per heavy atom. The summed E-state index contributed by atoms with van der Waals surface area (Å²) in [7, 11) is 3.58. The van der Waals surface area contributed by atoms with Crippen LogP contribution in [-0.2, 0) is 16.1 Å². The number of hydrogen-bond acceptors (Lipinski definition) is 11. The number of fused-ring (bicyclic) bond motifs is 1. The average Bonchev–Trinajstić information content (AvgIpc) is 3.62. The Morgan fingerprint density at radius 1 is 1.27 bits per heavy atom. The minimum absolute atomic E-state index is 0.00171. The van der Waals surface area contributed by atoms with E-state index < -0.39 is 0 Å². The first-order valence-electron chi connectivity index (χ1n) is 12.6. The van der Waals surface area contributed by atoms with Crippen molar-refractivity contribution < 1.29 is 9.53 Å². The van der Waals surface area contributed by atoms with Gasteiger partial charge < -0.3 is 26.0 Å². The molecule has 0 aromatic carbocycles. The molecule has 2 aromatic heterocycles. The van der Waals surface area contributed by atoms with Gasteiger partial charge in [0.1, 0.15) is 6.17 Å². The van der Waals surface area contributed by atoms with Crippen molar-refractivity contribution in [2.75, 3.05) is 50.7 Å². The summed E-state index contributed by atoms with van der Waals surface area (Å²) in [5.74, 6) is 1.26. The van der Waals surface area contributed by atoms with E-state index in [1.165, 1.54) is 0 Å². The molecule has 0 bridgehead atoms. The topological polar surface area (TPSA) is 137 Å². The van der Waals surface area contributed by atoms with Crippen LogP contribution in [0.15, 0.2) is 42.3 Å². The highest BCUT2D eigenvalue weighted by Crippen LogP contribution is 2.30. The molecule has 198 valence electrons. The lowest BCUT2D eigenvalue weighted by atomic mass is 10.1. The Bertz CT molecular complexity index is 1170. The van der Waals surface area contributed by atoms with E-state index in [0.717, 1.165) is 54.4 Å². The summed E-state index contributed by atoms with van der Waals surface area (Å²) < 4.78 is 6.90. The minimum Gasteiger partial charge on any atom is -0.383 e. The van der Waals surface area contributed by atoms with Crippen LogP contribution in [0, 0.1) is 0 Å². The zero-order valence-electron chi connectivity index (χ0n) is 21.5. The van der Waals surface area contributed by atoms with Gasteiger partial charge in [0.2, 0.25) is 11.9 Å². The molecule has 2 atom stereocenters. The number of anilines is 3. The molecule has 2 aromatic rings. The van der Waals surface area contributed by atoms with Crippen LogP contribution in [-0.4, -0.2) is 77.0 Å². The number of ether oxygens (including phenoxy) is 1. The van der Waals surface area contributed by atoms with Gasteiger partial charge >= 0.3 is 0 Å². The predicted molar refractivity (Wildman–Crippen MR) is 139 cm³/mol. The van der Waals surface area contributed by atoms with E-state index in [9.17, 15) is 4.79 Å². The smallest absolute Gasteiger partial charge is 0.238 e. The number of nitrogens with zero attached hydrogens (tertiary/aromatic N) is 6. The van der Waals surface area contributed by atoms with Gasteiger partial charge in [-0.3, -0.25) is 19.4 Å². The largest absolute Gasteiger partial charge is 0.383 e. The van der Waals surface area contributed by atoms with Crippen molar-refractivity contribution in [3.05, 3.63) is 47.8 Å². The maximum absolute atomic E-state index is 12.5. The SMILES string of the molecule is COCCn1cc(Nc2ncc3c(n2)N(C)NC3NC2=CC(NC(=O)CN3CCCC3)=CNC2C)cn1. The van der Waals surface area contributed by atoms with Crippen molar-refractivity contribution in [1.29, 1.82) is 0 Å². The highest BCUT2D eigenvalue weighted by atomic mass is 16.5. The molecule has 1 saturated heterocycles. The molecule has 37 heavy (non-hydrogen) atoms. The van der Waals surface area contributed by atoms with E-state index in [4.69, 9.17) is 9.72 Å². The molecular formula is C24H35N11O2. The number of likely N-dealkylation sites (tertiary alicyclic amines) is 1. The number of dihydropyridines is 1. The zero-order chi connectivity index (χ0) is 25.8. The number of hydrazine groups is 1. The number of amides is 1.